The smallest absolute Gasteiger partial charge is 0.282 e. The summed E-state index contributed by atoms with van der Waals surface area (Å²) in [5.74, 6) is 0. The van der Waals surface area contributed by atoms with Gasteiger partial charge in [0.15, 0.2) is 0 Å². The van der Waals surface area contributed by atoms with E-state index in [2.05, 4.69) is 11.7 Å². The minimum atomic E-state index is -4.09. The molecule has 5 heteroatoms. The van der Waals surface area contributed by atoms with Crippen molar-refractivity contribution in [1.29, 1.82) is 0 Å². The van der Waals surface area contributed by atoms with E-state index in [1.165, 1.54) is 24.3 Å². The number of hydrogen-bond donors (Lipinski definition) is 1. The van der Waals surface area contributed by atoms with E-state index in [-0.39, 0.29) is 4.90 Å². The molecule has 0 bridgehead atoms. The molecule has 12 heavy (non-hydrogen) atoms. The normalized spacial score (nSPS) is 11.1. The van der Waals surface area contributed by atoms with E-state index in [0.717, 1.165) is 0 Å². The fourth-order valence-corrected chi connectivity index (χ4v) is 1.20. The van der Waals surface area contributed by atoms with Gasteiger partial charge in [-0.3, -0.25) is 9.55 Å². The summed E-state index contributed by atoms with van der Waals surface area (Å²) in [5.41, 5.74) is 0.558. The van der Waals surface area contributed by atoms with Crippen LogP contribution in [0.1, 0.15) is 0 Å². The quantitative estimate of drug-likeness (QED) is 0.557. The van der Waals surface area contributed by atoms with Gasteiger partial charge in [-0.25, -0.2) is 0 Å². The average molecular weight is 185 g/mol. The summed E-state index contributed by atoms with van der Waals surface area (Å²) in [5, 5.41) is 0. The van der Waals surface area contributed by atoms with Crippen molar-refractivity contribution in [1.82, 2.24) is 0 Å². The molecule has 1 aromatic carbocycles. The fraction of sp³-hybridized carbons (Fsp3) is 0. The average Bonchev–Trinajstić information content (AvgIpc) is 2.03. The molecule has 1 aromatic rings. The molecule has 4 nitrogen and oxygen atoms in total. The summed E-state index contributed by atoms with van der Waals surface area (Å²) in [6.45, 7) is 3.26. The standard InChI is InChI=1S/C7H7NO3S/c1-8-6-2-4-7(5-3-6)12(9,10)11/h2-5H,1H2,(H,9,10,11). The van der Waals surface area contributed by atoms with Crippen LogP contribution < -0.4 is 0 Å². The Morgan fingerprint density at radius 3 is 2.08 bits per heavy atom. The molecule has 0 heterocycles. The zero-order chi connectivity index (χ0) is 9.19. The predicted octanol–water partition coefficient (Wildman–Crippen LogP) is 1.27. The zero-order valence-electron chi connectivity index (χ0n) is 6.14. The van der Waals surface area contributed by atoms with Gasteiger partial charge in [0.05, 0.1) is 10.6 Å². The summed E-state index contributed by atoms with van der Waals surface area (Å²) in [7, 11) is -4.09. The lowest BCUT2D eigenvalue weighted by Crippen LogP contribution is -1.96. The van der Waals surface area contributed by atoms with Crippen LogP contribution in [0.3, 0.4) is 0 Å². The van der Waals surface area contributed by atoms with Gasteiger partial charge in [0, 0.05) is 0 Å². The molecule has 0 fully saturated rings. The molecule has 0 aromatic heterocycles. The fourth-order valence-electron chi connectivity index (χ4n) is 0.724. The Bertz CT molecular complexity index is 380. The molecule has 64 valence electrons. The maximum atomic E-state index is 10.5. The Balaban J connectivity index is 3.17. The molecule has 0 aliphatic carbocycles. The molecule has 0 saturated carbocycles. The van der Waals surface area contributed by atoms with E-state index in [4.69, 9.17) is 4.55 Å². The van der Waals surface area contributed by atoms with E-state index in [1.807, 2.05) is 0 Å². The number of nitrogens with zero attached hydrogens (tertiary/aromatic N) is 1. The van der Waals surface area contributed by atoms with Crippen LogP contribution in [0.4, 0.5) is 5.69 Å². The first-order chi connectivity index (χ1) is 5.54. The minimum absolute atomic E-state index is 0.144. The van der Waals surface area contributed by atoms with Crippen LogP contribution in [0, 0.1) is 0 Å². The zero-order valence-corrected chi connectivity index (χ0v) is 6.95. The van der Waals surface area contributed by atoms with Crippen LogP contribution >= 0.6 is 0 Å². The Hall–Kier alpha value is -1.20. The molecular formula is C7H7NO3S. The highest BCUT2D eigenvalue weighted by atomic mass is 32.2. The second kappa shape index (κ2) is 3.04. The van der Waals surface area contributed by atoms with Crippen molar-refractivity contribution < 1.29 is 13.0 Å². The molecule has 0 radical (unpaired) electrons. The van der Waals surface area contributed by atoms with Crippen LogP contribution in [0.5, 0.6) is 0 Å². The Morgan fingerprint density at radius 1 is 1.25 bits per heavy atom. The van der Waals surface area contributed by atoms with Gasteiger partial charge < -0.3 is 0 Å². The highest BCUT2D eigenvalue weighted by molar-refractivity contribution is 7.85. The molecule has 0 saturated heterocycles. The maximum Gasteiger partial charge on any atom is 0.294 e. The van der Waals surface area contributed by atoms with Gasteiger partial charge in [0.25, 0.3) is 10.1 Å². The van der Waals surface area contributed by atoms with E-state index < -0.39 is 10.1 Å². The van der Waals surface area contributed by atoms with Gasteiger partial charge in [-0.2, -0.15) is 8.42 Å². The molecular weight excluding hydrogens is 178 g/mol. The Kier molecular flexibility index (Phi) is 2.25. The molecule has 0 aliphatic heterocycles. The summed E-state index contributed by atoms with van der Waals surface area (Å²) >= 11 is 0. The maximum absolute atomic E-state index is 10.5. The monoisotopic (exact) mass is 185 g/mol. The van der Waals surface area contributed by atoms with Gasteiger partial charge in [-0.15, -0.1) is 0 Å². The SMILES string of the molecule is C=Nc1ccc(S(=O)(=O)O)cc1. The summed E-state index contributed by atoms with van der Waals surface area (Å²) < 4.78 is 29.7. The highest BCUT2D eigenvalue weighted by Crippen LogP contribution is 2.14. The van der Waals surface area contributed by atoms with Crippen LogP contribution in [0.25, 0.3) is 0 Å². The largest absolute Gasteiger partial charge is 0.294 e. The van der Waals surface area contributed by atoms with Crippen molar-refractivity contribution in [2.75, 3.05) is 0 Å². The Labute approximate surface area is 70.3 Å². The molecule has 0 atom stereocenters. The van der Waals surface area contributed by atoms with Crippen LogP contribution in [0.15, 0.2) is 34.2 Å². The lowest BCUT2D eigenvalue weighted by molar-refractivity contribution is 0.483. The molecule has 1 rings (SSSR count). The summed E-state index contributed by atoms with van der Waals surface area (Å²) in [6, 6.07) is 5.44. The number of benzene rings is 1. The third-order valence-corrected chi connectivity index (χ3v) is 2.19. The lowest BCUT2D eigenvalue weighted by Gasteiger charge is -1.95. The van der Waals surface area contributed by atoms with Crippen LogP contribution in [0.2, 0.25) is 0 Å². The van der Waals surface area contributed by atoms with E-state index in [9.17, 15) is 8.42 Å². The molecule has 0 aliphatic rings. The van der Waals surface area contributed by atoms with Crippen molar-refractivity contribution in [3.05, 3.63) is 24.3 Å². The highest BCUT2D eigenvalue weighted by Gasteiger charge is 2.07. The second-order valence-electron chi connectivity index (χ2n) is 2.13. The van der Waals surface area contributed by atoms with Gasteiger partial charge in [0.1, 0.15) is 0 Å². The molecule has 0 spiro atoms. The van der Waals surface area contributed by atoms with Crippen molar-refractivity contribution in [3.8, 4) is 0 Å². The van der Waals surface area contributed by atoms with E-state index in [1.54, 1.807) is 0 Å². The molecule has 1 N–H and O–H groups in total. The van der Waals surface area contributed by atoms with E-state index in [0.29, 0.717) is 5.69 Å². The topological polar surface area (TPSA) is 66.7 Å². The molecule has 0 unspecified atom stereocenters. The Morgan fingerprint density at radius 2 is 1.75 bits per heavy atom. The number of hydrogen-bond acceptors (Lipinski definition) is 3. The third-order valence-electron chi connectivity index (χ3n) is 1.32. The van der Waals surface area contributed by atoms with E-state index >= 15 is 0 Å². The number of rotatable bonds is 2. The van der Waals surface area contributed by atoms with Crippen LogP contribution in [-0.2, 0) is 10.1 Å². The van der Waals surface area contributed by atoms with Gasteiger partial charge in [-0.1, -0.05) is 0 Å². The summed E-state index contributed by atoms with van der Waals surface area (Å²) in [6.07, 6.45) is 0. The van der Waals surface area contributed by atoms with Gasteiger partial charge >= 0.3 is 0 Å². The van der Waals surface area contributed by atoms with Crippen LogP contribution in [-0.4, -0.2) is 19.7 Å². The first kappa shape index (κ1) is 8.89. The first-order valence-corrected chi connectivity index (χ1v) is 4.52. The van der Waals surface area contributed by atoms with Crippen molar-refractivity contribution in [3.63, 3.8) is 0 Å². The third kappa shape index (κ3) is 1.90. The van der Waals surface area contributed by atoms with Crippen molar-refractivity contribution >= 4 is 22.5 Å². The number of aliphatic imine (C=N–C) groups is 1. The first-order valence-electron chi connectivity index (χ1n) is 3.08. The van der Waals surface area contributed by atoms with Gasteiger partial charge in [0.2, 0.25) is 0 Å². The second-order valence-corrected chi connectivity index (χ2v) is 3.55. The van der Waals surface area contributed by atoms with Crippen molar-refractivity contribution in [2.24, 2.45) is 4.99 Å². The minimum Gasteiger partial charge on any atom is -0.282 e. The lowest BCUT2D eigenvalue weighted by atomic mass is 10.3. The predicted molar refractivity (Wildman–Crippen MR) is 45.5 cm³/mol. The van der Waals surface area contributed by atoms with Gasteiger partial charge in [-0.05, 0) is 31.0 Å². The van der Waals surface area contributed by atoms with Crippen molar-refractivity contribution in [2.45, 2.75) is 4.90 Å². The summed E-state index contributed by atoms with van der Waals surface area (Å²) in [4.78, 5) is 3.42. The molecule has 0 amide bonds.